The fraction of sp³-hybridized carbons (Fsp3) is 0.818. The molecule has 0 aromatic heterocycles. The molecule has 0 bridgehead atoms. The lowest BCUT2D eigenvalue weighted by molar-refractivity contribution is -0.127. The predicted octanol–water partition coefficient (Wildman–Crippen LogP) is -2.00. The number of carbonyl (C=O) groups is 2. The summed E-state index contributed by atoms with van der Waals surface area (Å²) in [5.41, 5.74) is -0.409. The zero-order valence-electron chi connectivity index (χ0n) is 10.5. The van der Waals surface area contributed by atoms with Gasteiger partial charge in [0.15, 0.2) is 0 Å². The van der Waals surface area contributed by atoms with Gasteiger partial charge in [-0.3, -0.25) is 14.9 Å². The highest BCUT2D eigenvalue weighted by Gasteiger charge is 2.36. The lowest BCUT2D eigenvalue weighted by Gasteiger charge is -2.28. The van der Waals surface area contributed by atoms with Crippen LogP contribution in [0.3, 0.4) is 0 Å². The maximum absolute atomic E-state index is 11.9. The van der Waals surface area contributed by atoms with Crippen molar-refractivity contribution in [2.45, 2.75) is 18.1 Å². The molecule has 0 aromatic carbocycles. The van der Waals surface area contributed by atoms with E-state index in [1.54, 1.807) is 7.11 Å². The molecule has 0 spiro atoms. The van der Waals surface area contributed by atoms with Crippen LogP contribution in [0, 0.1) is 0 Å². The molecule has 0 saturated carbocycles. The van der Waals surface area contributed by atoms with Crippen LogP contribution in [0.5, 0.6) is 0 Å². The van der Waals surface area contributed by atoms with Crippen LogP contribution in [0.2, 0.25) is 0 Å². The maximum atomic E-state index is 11.9. The normalized spacial score (nSPS) is 32.1. The van der Waals surface area contributed by atoms with Crippen LogP contribution in [0.15, 0.2) is 0 Å². The third kappa shape index (κ3) is 2.98. The monoisotopic (exact) mass is 257 g/mol. The molecular weight excluding hydrogens is 238 g/mol. The number of carbonyl (C=O) groups excluding carboxylic acids is 2. The van der Waals surface area contributed by atoms with E-state index in [4.69, 9.17) is 9.47 Å². The first-order chi connectivity index (χ1) is 8.65. The molecule has 102 valence electrons. The minimum Gasteiger partial charge on any atom is -0.378 e. The van der Waals surface area contributed by atoms with Gasteiger partial charge in [-0.15, -0.1) is 0 Å². The van der Waals surface area contributed by atoms with E-state index in [9.17, 15) is 9.59 Å². The van der Waals surface area contributed by atoms with Gasteiger partial charge in [-0.25, -0.2) is 0 Å². The largest absolute Gasteiger partial charge is 0.378 e. The Kier molecular flexibility index (Phi) is 4.15. The number of methoxy groups -OCH3 is 1. The number of piperazine rings is 1. The Labute approximate surface area is 106 Å². The first-order valence-corrected chi connectivity index (χ1v) is 6.06. The first-order valence-electron chi connectivity index (χ1n) is 6.06. The number of amides is 2. The van der Waals surface area contributed by atoms with Crippen molar-refractivity contribution in [3.05, 3.63) is 0 Å². The van der Waals surface area contributed by atoms with Crippen LogP contribution in [0.4, 0.5) is 0 Å². The van der Waals surface area contributed by atoms with E-state index in [1.807, 2.05) is 0 Å². The van der Waals surface area contributed by atoms with Gasteiger partial charge in [0.05, 0.1) is 13.2 Å². The average molecular weight is 257 g/mol. The van der Waals surface area contributed by atoms with Crippen molar-refractivity contribution in [3.63, 3.8) is 0 Å². The van der Waals surface area contributed by atoms with E-state index < -0.39 is 5.60 Å². The molecule has 2 atom stereocenters. The molecular formula is C11H19N3O4. The molecule has 2 fully saturated rings. The summed E-state index contributed by atoms with van der Waals surface area (Å²) in [4.78, 5) is 22.9. The smallest absolute Gasteiger partial charge is 0.239 e. The Balaban J connectivity index is 1.79. The van der Waals surface area contributed by atoms with Crippen molar-refractivity contribution < 1.29 is 19.1 Å². The number of rotatable bonds is 4. The first kappa shape index (κ1) is 13.3. The molecule has 0 aliphatic carbocycles. The quantitative estimate of drug-likeness (QED) is 0.542. The summed E-state index contributed by atoms with van der Waals surface area (Å²) >= 11 is 0. The third-order valence-corrected chi connectivity index (χ3v) is 3.41. The van der Waals surface area contributed by atoms with Crippen molar-refractivity contribution in [3.8, 4) is 0 Å². The molecule has 2 saturated heterocycles. The van der Waals surface area contributed by atoms with E-state index in [2.05, 4.69) is 16.0 Å². The summed E-state index contributed by atoms with van der Waals surface area (Å²) in [7, 11) is 1.62. The highest BCUT2D eigenvalue weighted by atomic mass is 16.5. The van der Waals surface area contributed by atoms with Crippen molar-refractivity contribution in [1.82, 2.24) is 16.0 Å². The van der Waals surface area contributed by atoms with E-state index in [0.29, 0.717) is 26.3 Å². The summed E-state index contributed by atoms with van der Waals surface area (Å²) in [6.07, 6.45) is 0.776. The second kappa shape index (κ2) is 5.64. The van der Waals surface area contributed by atoms with Gasteiger partial charge < -0.3 is 20.1 Å². The molecule has 7 nitrogen and oxygen atoms in total. The van der Waals surface area contributed by atoms with Crippen LogP contribution in [-0.2, 0) is 19.1 Å². The highest BCUT2D eigenvalue weighted by molar-refractivity contribution is 5.86. The number of nitrogens with one attached hydrogen (secondary N) is 3. The SMILES string of the molecule is COC1(CNC(=O)C2CNC(=O)CN2)CCOC1. The minimum absolute atomic E-state index is 0.0865. The highest BCUT2D eigenvalue weighted by Crippen LogP contribution is 2.21. The summed E-state index contributed by atoms with van der Waals surface area (Å²) in [5.74, 6) is -0.213. The van der Waals surface area contributed by atoms with Gasteiger partial charge in [0.1, 0.15) is 11.6 Å². The van der Waals surface area contributed by atoms with Crippen LogP contribution in [0.25, 0.3) is 0 Å². The number of ether oxygens (including phenoxy) is 2. The van der Waals surface area contributed by atoms with E-state index in [0.717, 1.165) is 6.42 Å². The Hall–Kier alpha value is -1.18. The second-order valence-electron chi connectivity index (χ2n) is 4.65. The standard InChI is InChI=1S/C11H19N3O4/c1-17-11(2-3-18-7-11)6-14-10(16)8-4-13-9(15)5-12-8/h8,12H,2-7H2,1H3,(H,13,15)(H,14,16). The Morgan fingerprint density at radius 3 is 3.06 bits per heavy atom. The van der Waals surface area contributed by atoms with Gasteiger partial charge >= 0.3 is 0 Å². The summed E-state index contributed by atoms with van der Waals surface area (Å²) in [5, 5.41) is 8.37. The Morgan fingerprint density at radius 2 is 2.50 bits per heavy atom. The lowest BCUT2D eigenvalue weighted by Crippen LogP contribution is -2.59. The fourth-order valence-electron chi connectivity index (χ4n) is 2.08. The van der Waals surface area contributed by atoms with Crippen LogP contribution < -0.4 is 16.0 Å². The molecule has 0 aromatic rings. The second-order valence-corrected chi connectivity index (χ2v) is 4.65. The molecule has 2 amide bonds. The summed E-state index contributed by atoms with van der Waals surface area (Å²) in [6.45, 7) is 2.08. The molecule has 2 rings (SSSR count). The van der Waals surface area contributed by atoms with Gasteiger partial charge in [-0.2, -0.15) is 0 Å². The van der Waals surface area contributed by atoms with Crippen LogP contribution >= 0.6 is 0 Å². The van der Waals surface area contributed by atoms with Gasteiger partial charge in [0.2, 0.25) is 11.8 Å². The van der Waals surface area contributed by atoms with Crippen LogP contribution in [0.1, 0.15) is 6.42 Å². The number of hydrogen-bond acceptors (Lipinski definition) is 5. The fourth-order valence-corrected chi connectivity index (χ4v) is 2.08. The van der Waals surface area contributed by atoms with Crippen molar-refractivity contribution in [1.29, 1.82) is 0 Å². The molecule has 2 aliphatic heterocycles. The van der Waals surface area contributed by atoms with Gasteiger partial charge in [-0.1, -0.05) is 0 Å². The minimum atomic E-state index is -0.409. The molecule has 2 heterocycles. The lowest BCUT2D eigenvalue weighted by atomic mass is 10.0. The van der Waals surface area contributed by atoms with Gasteiger partial charge in [0.25, 0.3) is 0 Å². The molecule has 7 heteroatoms. The third-order valence-electron chi connectivity index (χ3n) is 3.41. The average Bonchev–Trinajstić information content (AvgIpc) is 2.86. The zero-order valence-corrected chi connectivity index (χ0v) is 10.5. The topological polar surface area (TPSA) is 88.7 Å². The Morgan fingerprint density at radius 1 is 1.67 bits per heavy atom. The van der Waals surface area contributed by atoms with Crippen LogP contribution in [-0.4, -0.2) is 63.4 Å². The molecule has 3 N–H and O–H groups in total. The van der Waals surface area contributed by atoms with E-state index in [-0.39, 0.29) is 24.4 Å². The summed E-state index contributed by atoms with van der Waals surface area (Å²) < 4.78 is 10.7. The maximum Gasteiger partial charge on any atom is 0.239 e. The molecule has 2 unspecified atom stereocenters. The Bertz CT molecular complexity index is 318. The van der Waals surface area contributed by atoms with Gasteiger partial charge in [0, 0.05) is 33.2 Å². The molecule has 0 radical (unpaired) electrons. The predicted molar refractivity (Wildman–Crippen MR) is 63.0 cm³/mol. The van der Waals surface area contributed by atoms with Crippen molar-refractivity contribution in [2.24, 2.45) is 0 Å². The zero-order chi connectivity index (χ0) is 13.0. The summed E-state index contributed by atoms with van der Waals surface area (Å²) in [6, 6.07) is -0.376. The van der Waals surface area contributed by atoms with E-state index in [1.165, 1.54) is 0 Å². The number of hydrogen-bond donors (Lipinski definition) is 3. The van der Waals surface area contributed by atoms with Crippen molar-refractivity contribution >= 4 is 11.8 Å². The van der Waals surface area contributed by atoms with Gasteiger partial charge in [-0.05, 0) is 0 Å². The van der Waals surface area contributed by atoms with E-state index >= 15 is 0 Å². The molecule has 18 heavy (non-hydrogen) atoms. The molecule has 2 aliphatic rings. The van der Waals surface area contributed by atoms with Crippen molar-refractivity contribution in [2.75, 3.05) is 40.0 Å².